The van der Waals surface area contributed by atoms with Crippen LogP contribution in [0.4, 0.5) is 5.69 Å². The molecule has 0 radical (unpaired) electrons. The third-order valence-electron chi connectivity index (χ3n) is 2.45. The molecule has 0 aliphatic heterocycles. The lowest BCUT2D eigenvalue weighted by atomic mass is 10.3. The molecule has 1 rings (SSSR count). The normalized spacial score (nSPS) is 12.1. The fourth-order valence-corrected chi connectivity index (χ4v) is 1.32. The second-order valence-corrected chi connectivity index (χ2v) is 3.87. The van der Waals surface area contributed by atoms with Gasteiger partial charge in [-0.05, 0) is 18.6 Å². The second kappa shape index (κ2) is 7.62. The average Bonchev–Trinajstić information content (AvgIpc) is 2.38. The molecule has 0 aliphatic carbocycles. The highest BCUT2D eigenvalue weighted by Crippen LogP contribution is 2.16. The van der Waals surface area contributed by atoms with Crippen molar-refractivity contribution in [1.29, 1.82) is 0 Å². The van der Waals surface area contributed by atoms with Crippen molar-refractivity contribution in [2.75, 3.05) is 19.7 Å². The quantitative estimate of drug-likeness (QED) is 0.415. The highest BCUT2D eigenvalue weighted by atomic mass is 16.6. The summed E-state index contributed by atoms with van der Waals surface area (Å²) in [5, 5.41) is 22.8. The Kier molecular flexibility index (Phi) is 6.10. The molecular weight excluding hydrogens is 236 g/mol. The van der Waals surface area contributed by atoms with Gasteiger partial charge in [0.2, 0.25) is 0 Å². The van der Waals surface area contributed by atoms with Crippen LogP contribution >= 0.6 is 0 Å². The van der Waals surface area contributed by atoms with E-state index in [4.69, 9.17) is 4.74 Å². The van der Waals surface area contributed by atoms with Gasteiger partial charge in [-0.1, -0.05) is 6.92 Å². The lowest BCUT2D eigenvalue weighted by molar-refractivity contribution is -0.384. The van der Waals surface area contributed by atoms with Crippen molar-refractivity contribution in [2.24, 2.45) is 0 Å². The first kappa shape index (κ1) is 14.4. The first-order valence-corrected chi connectivity index (χ1v) is 5.89. The Morgan fingerprint density at radius 3 is 2.67 bits per heavy atom. The molecule has 0 saturated heterocycles. The lowest BCUT2D eigenvalue weighted by Gasteiger charge is -2.10. The number of nitro groups is 1. The number of nitrogens with one attached hydrogen (secondary N) is 1. The van der Waals surface area contributed by atoms with E-state index in [-0.39, 0.29) is 11.8 Å². The fourth-order valence-electron chi connectivity index (χ4n) is 1.32. The number of hydrogen-bond donors (Lipinski definition) is 2. The molecule has 1 unspecified atom stereocenters. The Hall–Kier alpha value is -1.66. The smallest absolute Gasteiger partial charge is 0.269 e. The Morgan fingerprint density at radius 2 is 2.11 bits per heavy atom. The maximum absolute atomic E-state index is 10.4. The Morgan fingerprint density at radius 1 is 1.44 bits per heavy atom. The number of nitro benzene ring substituents is 1. The van der Waals surface area contributed by atoms with Gasteiger partial charge in [0, 0.05) is 25.2 Å². The zero-order valence-corrected chi connectivity index (χ0v) is 10.3. The predicted octanol–water partition coefficient (Wildman–Crippen LogP) is 1.33. The van der Waals surface area contributed by atoms with E-state index in [0.29, 0.717) is 25.4 Å². The molecule has 2 N–H and O–H groups in total. The number of ether oxygens (including phenoxy) is 1. The van der Waals surface area contributed by atoms with Crippen LogP contribution in [0.2, 0.25) is 0 Å². The third kappa shape index (κ3) is 5.11. The monoisotopic (exact) mass is 254 g/mol. The van der Waals surface area contributed by atoms with Crippen molar-refractivity contribution in [2.45, 2.75) is 19.4 Å². The van der Waals surface area contributed by atoms with Crippen LogP contribution in [0.5, 0.6) is 5.75 Å². The average molecular weight is 254 g/mol. The molecule has 0 fully saturated rings. The van der Waals surface area contributed by atoms with E-state index in [1.807, 2.05) is 6.92 Å². The molecule has 0 spiro atoms. The van der Waals surface area contributed by atoms with Gasteiger partial charge in [-0.25, -0.2) is 0 Å². The summed E-state index contributed by atoms with van der Waals surface area (Å²) in [6.07, 6.45) is 0.389. The molecule has 0 bridgehead atoms. The van der Waals surface area contributed by atoms with Crippen molar-refractivity contribution in [3.05, 3.63) is 34.4 Å². The topological polar surface area (TPSA) is 84.6 Å². The molecule has 0 heterocycles. The van der Waals surface area contributed by atoms with E-state index < -0.39 is 4.92 Å². The van der Waals surface area contributed by atoms with Crippen molar-refractivity contribution >= 4 is 5.69 Å². The number of aliphatic hydroxyl groups excluding tert-OH is 1. The summed E-state index contributed by atoms with van der Waals surface area (Å²) >= 11 is 0. The maximum Gasteiger partial charge on any atom is 0.269 e. The molecule has 0 saturated carbocycles. The largest absolute Gasteiger partial charge is 0.492 e. The van der Waals surface area contributed by atoms with Crippen LogP contribution in [-0.2, 0) is 0 Å². The van der Waals surface area contributed by atoms with Gasteiger partial charge in [0.05, 0.1) is 11.0 Å². The number of aliphatic hydroxyl groups is 1. The van der Waals surface area contributed by atoms with E-state index in [1.165, 1.54) is 12.1 Å². The van der Waals surface area contributed by atoms with Crippen LogP contribution in [0, 0.1) is 10.1 Å². The van der Waals surface area contributed by atoms with Gasteiger partial charge >= 0.3 is 0 Å². The highest BCUT2D eigenvalue weighted by molar-refractivity contribution is 5.35. The number of hydrogen-bond acceptors (Lipinski definition) is 5. The molecule has 6 nitrogen and oxygen atoms in total. The molecule has 100 valence electrons. The summed E-state index contributed by atoms with van der Waals surface area (Å²) in [4.78, 5) is 9.99. The van der Waals surface area contributed by atoms with Crippen molar-refractivity contribution < 1.29 is 14.8 Å². The van der Waals surface area contributed by atoms with Gasteiger partial charge in [-0.3, -0.25) is 10.1 Å². The molecule has 0 amide bonds. The fraction of sp³-hybridized carbons (Fsp3) is 0.500. The molecule has 6 heteroatoms. The number of nitrogens with zero attached hydrogens (tertiary/aromatic N) is 1. The minimum Gasteiger partial charge on any atom is -0.492 e. The van der Waals surface area contributed by atoms with Gasteiger partial charge in [-0.15, -0.1) is 0 Å². The number of non-ortho nitro benzene ring substituents is 1. The first-order chi connectivity index (χ1) is 8.63. The minimum absolute atomic E-state index is 0.0477. The second-order valence-electron chi connectivity index (χ2n) is 3.87. The summed E-state index contributed by atoms with van der Waals surface area (Å²) < 4.78 is 5.39. The summed E-state index contributed by atoms with van der Waals surface area (Å²) in [5.41, 5.74) is 0.0477. The zero-order valence-electron chi connectivity index (χ0n) is 10.3. The van der Waals surface area contributed by atoms with Gasteiger partial charge < -0.3 is 15.2 Å². The molecule has 0 aromatic heterocycles. The van der Waals surface area contributed by atoms with E-state index in [9.17, 15) is 15.2 Å². The minimum atomic E-state index is -0.447. The first-order valence-electron chi connectivity index (χ1n) is 5.89. The van der Waals surface area contributed by atoms with E-state index in [1.54, 1.807) is 12.1 Å². The van der Waals surface area contributed by atoms with Gasteiger partial charge in [-0.2, -0.15) is 0 Å². The van der Waals surface area contributed by atoms with Crippen LogP contribution < -0.4 is 10.1 Å². The van der Waals surface area contributed by atoms with Crippen molar-refractivity contribution in [3.8, 4) is 5.75 Å². The highest BCUT2D eigenvalue weighted by Gasteiger charge is 2.04. The van der Waals surface area contributed by atoms with Crippen LogP contribution in [0.3, 0.4) is 0 Å². The molecular formula is C12H18N2O4. The number of rotatable bonds is 8. The SMILES string of the molecule is CCC(O)CNCCOc1ccc([N+](=O)[O-])cc1. The summed E-state index contributed by atoms with van der Waals surface area (Å²) in [6.45, 7) is 3.53. The number of benzene rings is 1. The van der Waals surface area contributed by atoms with E-state index >= 15 is 0 Å². The molecule has 1 atom stereocenters. The van der Waals surface area contributed by atoms with Crippen LogP contribution in [-0.4, -0.2) is 35.8 Å². The van der Waals surface area contributed by atoms with Crippen molar-refractivity contribution in [3.63, 3.8) is 0 Å². The van der Waals surface area contributed by atoms with Crippen LogP contribution in [0.1, 0.15) is 13.3 Å². The van der Waals surface area contributed by atoms with Crippen molar-refractivity contribution in [1.82, 2.24) is 5.32 Å². The Balaban J connectivity index is 2.21. The molecule has 0 aliphatic rings. The summed E-state index contributed by atoms with van der Waals surface area (Å²) in [5.74, 6) is 0.596. The Bertz CT molecular complexity index is 367. The summed E-state index contributed by atoms with van der Waals surface area (Å²) in [7, 11) is 0. The summed E-state index contributed by atoms with van der Waals surface area (Å²) in [6, 6.07) is 5.95. The molecule has 18 heavy (non-hydrogen) atoms. The Labute approximate surface area is 106 Å². The van der Waals surface area contributed by atoms with Crippen LogP contribution in [0.15, 0.2) is 24.3 Å². The van der Waals surface area contributed by atoms with Crippen LogP contribution in [0.25, 0.3) is 0 Å². The zero-order chi connectivity index (χ0) is 13.4. The van der Waals surface area contributed by atoms with Gasteiger partial charge in [0.15, 0.2) is 0 Å². The molecule has 1 aromatic carbocycles. The van der Waals surface area contributed by atoms with E-state index in [0.717, 1.165) is 6.42 Å². The van der Waals surface area contributed by atoms with Gasteiger partial charge in [0.1, 0.15) is 12.4 Å². The standard InChI is InChI=1S/C12H18N2O4/c1-2-11(15)9-13-7-8-18-12-5-3-10(4-6-12)14(16)17/h3-6,11,13,15H,2,7-9H2,1H3. The predicted molar refractivity (Wildman–Crippen MR) is 67.8 cm³/mol. The third-order valence-corrected chi connectivity index (χ3v) is 2.45. The lowest BCUT2D eigenvalue weighted by Crippen LogP contribution is -2.29. The maximum atomic E-state index is 10.4. The molecule has 1 aromatic rings. The van der Waals surface area contributed by atoms with Gasteiger partial charge in [0.25, 0.3) is 5.69 Å². The van der Waals surface area contributed by atoms with E-state index in [2.05, 4.69) is 5.32 Å².